The number of hydrogen-bond donors (Lipinski definition) is 2. The number of halogens is 1. The molecule has 0 radical (unpaired) electrons. The van der Waals surface area contributed by atoms with Gasteiger partial charge in [-0.2, -0.15) is 0 Å². The minimum Gasteiger partial charge on any atom is -0.398 e. The molecule has 0 saturated heterocycles. The molecule has 2 amide bonds. The van der Waals surface area contributed by atoms with Crippen LogP contribution in [0.2, 0.25) is 5.02 Å². The lowest BCUT2D eigenvalue weighted by molar-refractivity contribution is -0.121. The summed E-state index contributed by atoms with van der Waals surface area (Å²) in [5.74, 6) is -0.623. The van der Waals surface area contributed by atoms with Crippen LogP contribution >= 0.6 is 11.6 Å². The third kappa shape index (κ3) is 4.40. The van der Waals surface area contributed by atoms with Crippen LogP contribution in [0.4, 0.5) is 5.69 Å². The second-order valence-corrected chi connectivity index (χ2v) is 4.59. The standard InChI is InChI=1S/C13H18ClN3O3/c1-17(8-11(18)16-6-7-20-2)13(19)9-4-3-5-10(15)12(9)14/h3-5H,6-8,15H2,1-2H3,(H,16,18). The molecule has 0 heterocycles. The average Bonchev–Trinajstić information content (AvgIpc) is 2.41. The molecule has 1 aromatic carbocycles. The van der Waals surface area contributed by atoms with Crippen LogP contribution in [0.3, 0.4) is 0 Å². The highest BCUT2D eigenvalue weighted by Crippen LogP contribution is 2.23. The molecular weight excluding hydrogens is 282 g/mol. The maximum absolute atomic E-state index is 12.2. The minimum atomic E-state index is -0.357. The molecule has 0 aliphatic heterocycles. The maximum Gasteiger partial charge on any atom is 0.255 e. The number of rotatable bonds is 6. The SMILES string of the molecule is COCCNC(=O)CN(C)C(=O)c1cccc(N)c1Cl. The van der Waals surface area contributed by atoms with Gasteiger partial charge in [-0.1, -0.05) is 17.7 Å². The Morgan fingerprint density at radius 1 is 1.45 bits per heavy atom. The van der Waals surface area contributed by atoms with Crippen molar-refractivity contribution in [2.24, 2.45) is 0 Å². The van der Waals surface area contributed by atoms with Crippen molar-refractivity contribution < 1.29 is 14.3 Å². The molecule has 0 saturated carbocycles. The van der Waals surface area contributed by atoms with Crippen molar-refractivity contribution >= 4 is 29.1 Å². The Labute approximate surface area is 122 Å². The monoisotopic (exact) mass is 299 g/mol. The number of ether oxygens (including phenoxy) is 1. The van der Waals surface area contributed by atoms with Gasteiger partial charge in [0.15, 0.2) is 0 Å². The summed E-state index contributed by atoms with van der Waals surface area (Å²) in [5, 5.41) is 2.83. The van der Waals surface area contributed by atoms with Crippen LogP contribution in [-0.2, 0) is 9.53 Å². The van der Waals surface area contributed by atoms with Gasteiger partial charge in [0.05, 0.1) is 29.4 Å². The second kappa shape index (κ2) is 7.72. The molecule has 0 fully saturated rings. The summed E-state index contributed by atoms with van der Waals surface area (Å²) in [6, 6.07) is 4.82. The van der Waals surface area contributed by atoms with Gasteiger partial charge in [0, 0.05) is 20.7 Å². The molecular formula is C13H18ClN3O3. The highest BCUT2D eigenvalue weighted by Gasteiger charge is 2.18. The van der Waals surface area contributed by atoms with Crippen molar-refractivity contribution in [3.05, 3.63) is 28.8 Å². The molecule has 0 spiro atoms. The van der Waals surface area contributed by atoms with Gasteiger partial charge in [-0.3, -0.25) is 9.59 Å². The van der Waals surface area contributed by atoms with Crippen molar-refractivity contribution in [3.8, 4) is 0 Å². The quantitative estimate of drug-likeness (QED) is 0.600. The molecule has 0 aliphatic rings. The predicted molar refractivity (Wildman–Crippen MR) is 77.7 cm³/mol. The third-order valence-electron chi connectivity index (χ3n) is 2.61. The van der Waals surface area contributed by atoms with E-state index in [0.717, 1.165) is 0 Å². The summed E-state index contributed by atoms with van der Waals surface area (Å²) in [7, 11) is 3.07. The van der Waals surface area contributed by atoms with Crippen molar-refractivity contribution in [3.63, 3.8) is 0 Å². The number of anilines is 1. The van der Waals surface area contributed by atoms with Crippen LogP contribution in [0.15, 0.2) is 18.2 Å². The zero-order chi connectivity index (χ0) is 15.1. The molecule has 0 unspecified atom stereocenters. The van der Waals surface area contributed by atoms with Crippen molar-refractivity contribution in [2.75, 3.05) is 39.6 Å². The topological polar surface area (TPSA) is 84.7 Å². The fraction of sp³-hybridized carbons (Fsp3) is 0.385. The number of likely N-dealkylation sites (N-methyl/N-ethyl adjacent to an activating group) is 1. The maximum atomic E-state index is 12.2. The number of nitrogens with zero attached hydrogens (tertiary/aromatic N) is 1. The Balaban J connectivity index is 2.63. The molecule has 0 aliphatic carbocycles. The largest absolute Gasteiger partial charge is 0.398 e. The Hall–Kier alpha value is -1.79. The van der Waals surface area contributed by atoms with Crippen LogP contribution in [-0.4, -0.2) is 50.6 Å². The molecule has 0 atom stereocenters. The molecule has 20 heavy (non-hydrogen) atoms. The molecule has 1 aromatic rings. The first-order valence-electron chi connectivity index (χ1n) is 6.02. The molecule has 7 heteroatoms. The van der Waals surface area contributed by atoms with Gasteiger partial charge in [-0.15, -0.1) is 0 Å². The molecule has 110 valence electrons. The number of nitrogens with two attached hydrogens (primary N) is 1. The van der Waals surface area contributed by atoms with Gasteiger partial charge in [0.25, 0.3) is 5.91 Å². The number of carbonyl (C=O) groups excluding carboxylic acids is 2. The van der Waals surface area contributed by atoms with E-state index >= 15 is 0 Å². The lowest BCUT2D eigenvalue weighted by atomic mass is 10.2. The summed E-state index contributed by atoms with van der Waals surface area (Å²) < 4.78 is 4.82. The summed E-state index contributed by atoms with van der Waals surface area (Å²) in [5.41, 5.74) is 6.25. The number of hydrogen-bond acceptors (Lipinski definition) is 4. The minimum absolute atomic E-state index is 0.0618. The number of nitrogen functional groups attached to an aromatic ring is 1. The van der Waals surface area contributed by atoms with Crippen LogP contribution in [0.25, 0.3) is 0 Å². The predicted octanol–water partition coefficient (Wildman–Crippen LogP) is 0.757. The summed E-state index contributed by atoms with van der Waals surface area (Å²) >= 11 is 5.98. The third-order valence-corrected chi connectivity index (χ3v) is 3.04. The molecule has 6 nitrogen and oxygen atoms in total. The lowest BCUT2D eigenvalue weighted by Gasteiger charge is -2.18. The smallest absolute Gasteiger partial charge is 0.255 e. The Morgan fingerprint density at radius 2 is 2.15 bits per heavy atom. The van der Waals surface area contributed by atoms with E-state index in [9.17, 15) is 9.59 Å². The van der Waals surface area contributed by atoms with Crippen LogP contribution in [0, 0.1) is 0 Å². The zero-order valence-electron chi connectivity index (χ0n) is 11.5. The number of methoxy groups -OCH3 is 1. The Bertz CT molecular complexity index is 494. The Morgan fingerprint density at radius 3 is 2.80 bits per heavy atom. The van der Waals surface area contributed by atoms with Gasteiger partial charge in [-0.25, -0.2) is 0 Å². The molecule has 1 rings (SSSR count). The van der Waals surface area contributed by atoms with Crippen LogP contribution in [0.5, 0.6) is 0 Å². The second-order valence-electron chi connectivity index (χ2n) is 4.21. The van der Waals surface area contributed by atoms with Gasteiger partial charge in [-0.05, 0) is 12.1 Å². The first kappa shape index (κ1) is 16.3. The van der Waals surface area contributed by atoms with Crippen LogP contribution < -0.4 is 11.1 Å². The van der Waals surface area contributed by atoms with Crippen LogP contribution in [0.1, 0.15) is 10.4 Å². The van der Waals surface area contributed by atoms with Crippen molar-refractivity contribution in [1.82, 2.24) is 10.2 Å². The summed E-state index contributed by atoms with van der Waals surface area (Å²) in [4.78, 5) is 25.0. The van der Waals surface area contributed by atoms with E-state index < -0.39 is 0 Å². The van der Waals surface area contributed by atoms with E-state index in [1.807, 2.05) is 0 Å². The van der Waals surface area contributed by atoms with Crippen molar-refractivity contribution in [1.29, 1.82) is 0 Å². The van der Waals surface area contributed by atoms with Crippen molar-refractivity contribution in [2.45, 2.75) is 0 Å². The molecule has 3 N–H and O–H groups in total. The van der Waals surface area contributed by atoms with Gasteiger partial charge < -0.3 is 20.7 Å². The number of nitrogens with one attached hydrogen (secondary N) is 1. The van der Waals surface area contributed by atoms with E-state index in [2.05, 4.69) is 5.32 Å². The van der Waals surface area contributed by atoms with E-state index in [1.54, 1.807) is 25.3 Å². The van der Waals surface area contributed by atoms with E-state index in [1.165, 1.54) is 11.9 Å². The fourth-order valence-corrected chi connectivity index (χ4v) is 1.76. The highest BCUT2D eigenvalue weighted by atomic mass is 35.5. The normalized spacial score (nSPS) is 10.2. The zero-order valence-corrected chi connectivity index (χ0v) is 12.2. The van der Waals surface area contributed by atoms with E-state index in [-0.39, 0.29) is 28.9 Å². The van der Waals surface area contributed by atoms with Gasteiger partial charge >= 0.3 is 0 Å². The molecule has 0 aromatic heterocycles. The van der Waals surface area contributed by atoms with Gasteiger partial charge in [0.1, 0.15) is 0 Å². The van der Waals surface area contributed by atoms with E-state index in [0.29, 0.717) is 18.8 Å². The van der Waals surface area contributed by atoms with Gasteiger partial charge in [0.2, 0.25) is 5.91 Å². The van der Waals surface area contributed by atoms with E-state index in [4.69, 9.17) is 22.1 Å². The highest BCUT2D eigenvalue weighted by molar-refractivity contribution is 6.36. The number of benzene rings is 1. The summed E-state index contributed by atoms with van der Waals surface area (Å²) in [6.45, 7) is 0.758. The number of carbonyl (C=O) groups is 2. The first-order valence-corrected chi connectivity index (χ1v) is 6.40. The lowest BCUT2D eigenvalue weighted by Crippen LogP contribution is -2.39. The molecule has 0 bridgehead atoms. The first-order chi connectivity index (χ1) is 9.47. The Kier molecular flexibility index (Phi) is 6.27. The summed E-state index contributed by atoms with van der Waals surface area (Å²) in [6.07, 6.45) is 0. The number of amides is 2. The average molecular weight is 300 g/mol. The fourth-order valence-electron chi connectivity index (χ4n) is 1.56.